The van der Waals surface area contributed by atoms with Crippen LogP contribution in [0.25, 0.3) is 11.1 Å². The summed E-state index contributed by atoms with van der Waals surface area (Å²) in [4.78, 5) is 15.2. The van der Waals surface area contributed by atoms with Crippen LogP contribution in [0.5, 0.6) is 0 Å². The van der Waals surface area contributed by atoms with Gasteiger partial charge in [-0.15, -0.1) is 0 Å². The predicted octanol–water partition coefficient (Wildman–Crippen LogP) is 6.18. The largest absolute Gasteiger partial charge is 0.861 e. The number of benzene rings is 4. The van der Waals surface area contributed by atoms with Gasteiger partial charge in [-0.2, -0.15) is 13.2 Å². The molecule has 0 amide bonds. The molecular weight excluding hydrogens is 524 g/mol. The van der Waals surface area contributed by atoms with E-state index in [1.807, 2.05) is 18.2 Å². The monoisotopic (exact) mass is 549 g/mol. The van der Waals surface area contributed by atoms with Crippen LogP contribution in [0.4, 0.5) is 23.2 Å². The zero-order valence-electron chi connectivity index (χ0n) is 21.2. The van der Waals surface area contributed by atoms with Crippen LogP contribution < -0.4 is 10.4 Å². The summed E-state index contributed by atoms with van der Waals surface area (Å²) in [5.74, 6) is -1.63. The Balaban J connectivity index is 0.000000186. The second-order valence-corrected chi connectivity index (χ2v) is 9.11. The van der Waals surface area contributed by atoms with E-state index in [2.05, 4.69) is 10.3 Å². The third-order valence-electron chi connectivity index (χ3n) is 6.28. The van der Waals surface area contributed by atoms with Gasteiger partial charge in [0.15, 0.2) is 0 Å². The fourth-order valence-electron chi connectivity index (χ4n) is 4.25. The van der Waals surface area contributed by atoms with Crippen molar-refractivity contribution in [2.45, 2.75) is 25.6 Å². The van der Waals surface area contributed by atoms with E-state index in [4.69, 9.17) is 5.11 Å². The maximum Gasteiger partial charge on any atom is 0.416 e. The van der Waals surface area contributed by atoms with Crippen molar-refractivity contribution in [3.63, 3.8) is 0 Å². The Bertz CT molecular complexity index is 1500. The van der Waals surface area contributed by atoms with Crippen LogP contribution in [0.2, 0.25) is 0 Å². The minimum absolute atomic E-state index is 0.0576. The quantitative estimate of drug-likeness (QED) is 0.177. The Kier molecular flexibility index (Phi) is 8.96. The van der Waals surface area contributed by atoms with Crippen molar-refractivity contribution < 1.29 is 32.6 Å². The fraction of sp³-hybridized carbons (Fsp3) is 0.161. The van der Waals surface area contributed by atoms with Crippen LogP contribution in [0.1, 0.15) is 32.6 Å². The van der Waals surface area contributed by atoms with Crippen LogP contribution >= 0.6 is 0 Å². The SMILES string of the molecule is O=C(O)c1ccccc1-c1ccc(C(F)(F)F)cc1.[O-]C(Cc1ccc(F)cc1)=Nc1ccc2c(c1)CCNC2. The molecule has 0 aromatic heterocycles. The van der Waals surface area contributed by atoms with Gasteiger partial charge in [-0.1, -0.05) is 48.5 Å². The number of nitrogens with one attached hydrogen (secondary N) is 1. The molecule has 1 aliphatic heterocycles. The van der Waals surface area contributed by atoms with Crippen LogP contribution in [0.15, 0.2) is 96.0 Å². The van der Waals surface area contributed by atoms with Gasteiger partial charge in [0.1, 0.15) is 5.82 Å². The number of aromatic carboxylic acids is 1. The highest BCUT2D eigenvalue weighted by molar-refractivity contribution is 5.96. The number of hydrogen-bond donors (Lipinski definition) is 2. The normalized spacial score (nSPS) is 13.2. The van der Waals surface area contributed by atoms with E-state index in [0.29, 0.717) is 16.8 Å². The van der Waals surface area contributed by atoms with Gasteiger partial charge in [-0.25, -0.2) is 9.18 Å². The number of nitrogens with zero attached hydrogens (tertiary/aromatic N) is 1. The average molecular weight is 550 g/mol. The van der Waals surface area contributed by atoms with Crippen molar-refractivity contribution in [1.29, 1.82) is 0 Å². The Labute approximate surface area is 228 Å². The van der Waals surface area contributed by atoms with Gasteiger partial charge in [0, 0.05) is 13.0 Å². The molecule has 9 heteroatoms. The molecule has 2 N–H and O–H groups in total. The summed E-state index contributed by atoms with van der Waals surface area (Å²) in [6.07, 6.45) is -3.24. The van der Waals surface area contributed by atoms with Crippen LogP contribution in [0, 0.1) is 5.82 Å². The molecule has 1 aliphatic rings. The number of alkyl halides is 3. The predicted molar refractivity (Wildman–Crippen MR) is 143 cm³/mol. The van der Waals surface area contributed by atoms with Gasteiger partial charge >= 0.3 is 12.1 Å². The minimum Gasteiger partial charge on any atom is -0.861 e. The maximum atomic E-state index is 12.8. The van der Waals surface area contributed by atoms with Crippen molar-refractivity contribution >= 4 is 17.6 Å². The number of fused-ring (bicyclic) bond motifs is 1. The first-order chi connectivity index (χ1) is 19.1. The summed E-state index contributed by atoms with van der Waals surface area (Å²) in [5, 5.41) is 24.3. The summed E-state index contributed by atoms with van der Waals surface area (Å²) in [6, 6.07) is 22.4. The van der Waals surface area contributed by atoms with Crippen molar-refractivity contribution in [3.05, 3.63) is 125 Å². The van der Waals surface area contributed by atoms with Gasteiger partial charge in [0.2, 0.25) is 0 Å². The number of halogens is 4. The Hall–Kier alpha value is -4.50. The zero-order chi connectivity index (χ0) is 28.7. The zero-order valence-corrected chi connectivity index (χ0v) is 21.2. The number of rotatable bonds is 5. The first-order valence-corrected chi connectivity index (χ1v) is 12.4. The van der Waals surface area contributed by atoms with Crippen molar-refractivity contribution in [2.24, 2.45) is 4.99 Å². The van der Waals surface area contributed by atoms with E-state index in [0.717, 1.165) is 37.2 Å². The summed E-state index contributed by atoms with van der Waals surface area (Å²) < 4.78 is 50.1. The van der Waals surface area contributed by atoms with E-state index in [1.165, 1.54) is 41.5 Å². The standard InChI is InChI=1S/C17H17FN2O.C14H9F3O2/c18-15-4-1-12(2-5-15)9-17(21)20-16-6-3-14-11-19-8-7-13(14)10-16;15-14(16,17)10-7-5-9(6-8-10)11-3-1-2-4-12(11)13(18)19/h1-6,10,19H,7-9,11H2,(H,20,21);1-8H,(H,18,19)/p-1. The molecule has 40 heavy (non-hydrogen) atoms. The van der Waals surface area contributed by atoms with Gasteiger partial charge in [-0.05, 0) is 89.1 Å². The Morgan fingerprint density at radius 2 is 1.62 bits per heavy atom. The van der Waals surface area contributed by atoms with Gasteiger partial charge in [0.25, 0.3) is 0 Å². The number of carbonyl (C=O) groups is 1. The number of carboxylic acid groups (broad SMARTS) is 1. The summed E-state index contributed by atoms with van der Waals surface area (Å²) in [6.45, 7) is 1.83. The second-order valence-electron chi connectivity index (χ2n) is 9.11. The summed E-state index contributed by atoms with van der Waals surface area (Å²) in [7, 11) is 0. The smallest absolute Gasteiger partial charge is 0.416 e. The number of aliphatic imine (C=N–C) groups is 1. The summed E-state index contributed by atoms with van der Waals surface area (Å²) >= 11 is 0. The lowest BCUT2D eigenvalue weighted by molar-refractivity contribution is -0.217. The lowest BCUT2D eigenvalue weighted by atomic mass is 9.99. The molecule has 5 nitrogen and oxygen atoms in total. The summed E-state index contributed by atoms with van der Waals surface area (Å²) in [5.41, 5.74) is 4.12. The third-order valence-corrected chi connectivity index (χ3v) is 6.28. The molecule has 0 saturated heterocycles. The van der Waals surface area contributed by atoms with Crippen LogP contribution in [-0.4, -0.2) is 23.5 Å². The van der Waals surface area contributed by atoms with Gasteiger partial charge in [0.05, 0.1) is 16.8 Å². The Morgan fingerprint density at radius 1 is 0.925 bits per heavy atom. The third kappa shape index (κ3) is 7.54. The molecule has 0 atom stereocenters. The number of carboxylic acids is 1. The first-order valence-electron chi connectivity index (χ1n) is 12.4. The molecule has 206 valence electrons. The molecule has 0 fully saturated rings. The van der Waals surface area contributed by atoms with Crippen molar-refractivity contribution in [2.75, 3.05) is 6.54 Å². The molecule has 1 heterocycles. The Morgan fingerprint density at radius 3 is 2.30 bits per heavy atom. The first kappa shape index (κ1) is 28.5. The fourth-order valence-corrected chi connectivity index (χ4v) is 4.25. The lowest BCUT2D eigenvalue weighted by Crippen LogP contribution is -2.23. The van der Waals surface area contributed by atoms with Gasteiger partial charge in [-0.3, -0.25) is 4.99 Å². The number of hydrogen-bond acceptors (Lipinski definition) is 4. The molecule has 0 radical (unpaired) electrons. The van der Waals surface area contributed by atoms with Gasteiger partial charge < -0.3 is 15.5 Å². The highest BCUT2D eigenvalue weighted by atomic mass is 19.4. The van der Waals surface area contributed by atoms with Crippen LogP contribution in [0.3, 0.4) is 0 Å². The minimum atomic E-state index is -4.40. The topological polar surface area (TPSA) is 84.8 Å². The van der Waals surface area contributed by atoms with E-state index in [-0.39, 0.29) is 23.7 Å². The van der Waals surface area contributed by atoms with Crippen LogP contribution in [-0.2, 0) is 25.6 Å². The molecule has 0 saturated carbocycles. The maximum absolute atomic E-state index is 12.8. The molecule has 0 aliphatic carbocycles. The van der Waals surface area contributed by atoms with Crippen molar-refractivity contribution in [3.8, 4) is 11.1 Å². The highest BCUT2D eigenvalue weighted by Gasteiger charge is 2.30. The molecule has 0 bridgehead atoms. The molecular formula is C31H25F4N2O3-. The van der Waals surface area contributed by atoms with Crippen molar-refractivity contribution in [1.82, 2.24) is 5.32 Å². The van der Waals surface area contributed by atoms with E-state index >= 15 is 0 Å². The average Bonchev–Trinajstić information content (AvgIpc) is 2.94. The van der Waals surface area contributed by atoms with E-state index in [9.17, 15) is 27.5 Å². The second kappa shape index (κ2) is 12.6. The molecule has 0 unspecified atom stereocenters. The molecule has 4 aromatic carbocycles. The van der Waals surface area contributed by atoms with E-state index in [1.54, 1.807) is 30.3 Å². The highest BCUT2D eigenvalue weighted by Crippen LogP contribution is 2.31. The van der Waals surface area contributed by atoms with E-state index < -0.39 is 17.7 Å². The molecule has 5 rings (SSSR count). The molecule has 0 spiro atoms. The lowest BCUT2D eigenvalue weighted by Gasteiger charge is -2.17. The molecule has 4 aromatic rings.